The minimum Gasteiger partial charge on any atom is -0.437 e. The lowest BCUT2D eigenvalue weighted by molar-refractivity contribution is 0.517. The predicted molar refractivity (Wildman–Crippen MR) is 109 cm³/mol. The minimum atomic E-state index is -3.78. The molecule has 0 bridgehead atoms. The Morgan fingerprint density at radius 1 is 0.857 bits per heavy atom. The lowest BCUT2D eigenvalue weighted by Crippen LogP contribution is -2.15. The monoisotopic (exact) mass is 389 g/mol. The molecule has 140 valence electrons. The molecule has 0 atom stereocenters. The lowest BCUT2D eigenvalue weighted by Gasteiger charge is -2.07. The van der Waals surface area contributed by atoms with E-state index in [9.17, 15) is 8.42 Å². The van der Waals surface area contributed by atoms with E-state index in [-0.39, 0.29) is 15.3 Å². The van der Waals surface area contributed by atoms with Crippen molar-refractivity contribution < 1.29 is 12.8 Å². The average Bonchev–Trinajstić information content (AvgIpc) is 2.74. The summed E-state index contributed by atoms with van der Waals surface area (Å²) in [6.45, 7) is 2.08. The molecule has 0 spiro atoms. The highest BCUT2D eigenvalue weighted by atomic mass is 32.2. The van der Waals surface area contributed by atoms with E-state index in [1.54, 1.807) is 42.5 Å². The molecule has 1 heterocycles. The first kappa shape index (κ1) is 18.2. The predicted octanol–water partition coefficient (Wildman–Crippen LogP) is 5.06. The zero-order valence-electron chi connectivity index (χ0n) is 15.4. The van der Waals surface area contributed by atoms with Crippen LogP contribution in [0.3, 0.4) is 0 Å². The van der Waals surface area contributed by atoms with Gasteiger partial charge in [0.25, 0.3) is 0 Å². The Hall–Kier alpha value is -3.18. The normalized spacial score (nSPS) is 12.4. The summed E-state index contributed by atoms with van der Waals surface area (Å²) < 4.78 is 32.5. The smallest absolute Gasteiger partial charge is 0.239 e. The second-order valence-corrected chi connectivity index (χ2v) is 8.32. The van der Waals surface area contributed by atoms with E-state index in [0.29, 0.717) is 16.7 Å². The minimum absolute atomic E-state index is 0.0527. The van der Waals surface area contributed by atoms with Gasteiger partial charge in [0.15, 0.2) is 0 Å². The number of para-hydroxylation sites is 1. The molecule has 28 heavy (non-hydrogen) atoms. The molecule has 0 aliphatic carbocycles. The highest BCUT2D eigenvalue weighted by Gasteiger charge is 2.22. The molecule has 0 aliphatic rings. The van der Waals surface area contributed by atoms with E-state index in [4.69, 9.17) is 4.42 Å². The SMILES string of the molecule is CCc1ccc(N=c2oc3ccccc3cc2S(=O)(=O)c2ccccc2)cc1. The summed E-state index contributed by atoms with van der Waals surface area (Å²) in [5.74, 6) is 0. The first-order chi connectivity index (χ1) is 13.6. The van der Waals surface area contributed by atoms with Crippen molar-refractivity contribution in [2.45, 2.75) is 23.1 Å². The third kappa shape index (κ3) is 3.49. The second-order valence-electron chi connectivity index (χ2n) is 6.40. The zero-order chi connectivity index (χ0) is 19.6. The number of fused-ring (bicyclic) bond motifs is 1. The van der Waals surface area contributed by atoms with Gasteiger partial charge in [-0.2, -0.15) is 0 Å². The largest absolute Gasteiger partial charge is 0.437 e. The van der Waals surface area contributed by atoms with Gasteiger partial charge in [-0.25, -0.2) is 13.4 Å². The molecule has 3 aromatic carbocycles. The Labute approximate surface area is 163 Å². The van der Waals surface area contributed by atoms with Crippen LogP contribution in [0.15, 0.2) is 104 Å². The van der Waals surface area contributed by atoms with Crippen LogP contribution >= 0.6 is 0 Å². The summed E-state index contributed by atoms with van der Waals surface area (Å²) in [4.78, 5) is 4.77. The van der Waals surface area contributed by atoms with Gasteiger partial charge in [0, 0.05) is 5.39 Å². The topological polar surface area (TPSA) is 59.6 Å². The van der Waals surface area contributed by atoms with E-state index in [1.165, 1.54) is 5.56 Å². The van der Waals surface area contributed by atoms with Crippen molar-refractivity contribution in [3.63, 3.8) is 0 Å². The summed E-state index contributed by atoms with van der Waals surface area (Å²) in [6, 6.07) is 24.9. The van der Waals surface area contributed by atoms with Crippen molar-refractivity contribution in [2.24, 2.45) is 4.99 Å². The summed E-state index contributed by atoms with van der Waals surface area (Å²) in [5.41, 5.74) is 2.48. The molecule has 0 amide bonds. The summed E-state index contributed by atoms with van der Waals surface area (Å²) >= 11 is 0. The number of aryl methyl sites for hydroxylation is 1. The number of rotatable bonds is 4. The van der Waals surface area contributed by atoms with E-state index in [1.807, 2.05) is 42.5 Å². The van der Waals surface area contributed by atoms with Gasteiger partial charge in [0.1, 0.15) is 10.5 Å². The molecule has 4 rings (SSSR count). The fourth-order valence-corrected chi connectivity index (χ4v) is 4.34. The molecule has 1 aromatic heterocycles. The number of hydrogen-bond acceptors (Lipinski definition) is 4. The van der Waals surface area contributed by atoms with E-state index < -0.39 is 9.84 Å². The van der Waals surface area contributed by atoms with Gasteiger partial charge in [0.05, 0.1) is 10.6 Å². The van der Waals surface area contributed by atoms with Crippen molar-refractivity contribution in [1.82, 2.24) is 0 Å². The van der Waals surface area contributed by atoms with Crippen LogP contribution in [0.5, 0.6) is 0 Å². The molecule has 4 nitrogen and oxygen atoms in total. The van der Waals surface area contributed by atoms with Crippen LogP contribution in [0.4, 0.5) is 5.69 Å². The van der Waals surface area contributed by atoms with Crippen LogP contribution in [0, 0.1) is 0 Å². The molecule has 0 radical (unpaired) electrons. The summed E-state index contributed by atoms with van der Waals surface area (Å²) in [6.07, 6.45) is 0.925. The highest BCUT2D eigenvalue weighted by molar-refractivity contribution is 7.91. The molecule has 0 unspecified atom stereocenters. The molecule has 0 saturated carbocycles. The van der Waals surface area contributed by atoms with Crippen LogP contribution in [0.1, 0.15) is 12.5 Å². The quantitative estimate of drug-likeness (QED) is 0.490. The van der Waals surface area contributed by atoms with Crippen LogP contribution in [0.25, 0.3) is 11.0 Å². The van der Waals surface area contributed by atoms with Crippen molar-refractivity contribution in [3.05, 3.63) is 96.0 Å². The zero-order valence-corrected chi connectivity index (χ0v) is 16.2. The second kappa shape index (κ2) is 7.44. The average molecular weight is 389 g/mol. The molecule has 0 fully saturated rings. The van der Waals surface area contributed by atoms with E-state index in [0.717, 1.165) is 6.42 Å². The van der Waals surface area contributed by atoms with Gasteiger partial charge in [0.2, 0.25) is 15.4 Å². The molecule has 0 N–H and O–H groups in total. The Morgan fingerprint density at radius 3 is 2.25 bits per heavy atom. The maximum absolute atomic E-state index is 13.3. The maximum Gasteiger partial charge on any atom is 0.239 e. The molecular weight excluding hydrogens is 370 g/mol. The number of hydrogen-bond donors (Lipinski definition) is 0. The molecule has 0 saturated heterocycles. The molecular formula is C23H19NO3S. The van der Waals surface area contributed by atoms with Gasteiger partial charge >= 0.3 is 0 Å². The number of nitrogens with zero attached hydrogens (tertiary/aromatic N) is 1. The van der Waals surface area contributed by atoms with Crippen LogP contribution in [0.2, 0.25) is 0 Å². The van der Waals surface area contributed by atoms with Gasteiger partial charge < -0.3 is 4.42 Å². The van der Waals surface area contributed by atoms with Crippen molar-refractivity contribution >= 4 is 26.5 Å². The Bertz CT molecular complexity index is 1290. The lowest BCUT2D eigenvalue weighted by atomic mass is 10.1. The Kier molecular flexibility index (Phi) is 4.84. The first-order valence-corrected chi connectivity index (χ1v) is 10.5. The van der Waals surface area contributed by atoms with Gasteiger partial charge in [-0.15, -0.1) is 0 Å². The highest BCUT2D eigenvalue weighted by Crippen LogP contribution is 2.23. The van der Waals surface area contributed by atoms with E-state index >= 15 is 0 Å². The number of benzene rings is 3. The third-order valence-corrected chi connectivity index (χ3v) is 6.31. The van der Waals surface area contributed by atoms with E-state index in [2.05, 4.69) is 11.9 Å². The van der Waals surface area contributed by atoms with Crippen LogP contribution in [-0.2, 0) is 16.3 Å². The van der Waals surface area contributed by atoms with Gasteiger partial charge in [-0.1, -0.05) is 55.5 Å². The fourth-order valence-electron chi connectivity index (χ4n) is 2.97. The Balaban J connectivity index is 1.99. The van der Waals surface area contributed by atoms with Gasteiger partial charge in [-0.05, 0) is 48.4 Å². The fraction of sp³-hybridized carbons (Fsp3) is 0.0870. The standard InChI is InChI=1S/C23H19NO3S/c1-2-17-12-14-19(15-13-17)24-23-22(16-18-8-6-7-11-21(18)27-23)28(25,26)20-9-4-3-5-10-20/h3-16H,2H2,1H3. The Morgan fingerprint density at radius 2 is 1.54 bits per heavy atom. The van der Waals surface area contributed by atoms with Crippen LogP contribution in [-0.4, -0.2) is 8.42 Å². The van der Waals surface area contributed by atoms with Crippen molar-refractivity contribution in [1.29, 1.82) is 0 Å². The van der Waals surface area contributed by atoms with Crippen molar-refractivity contribution in [3.8, 4) is 0 Å². The first-order valence-electron chi connectivity index (χ1n) is 9.04. The number of sulfone groups is 1. The molecule has 4 aromatic rings. The van der Waals surface area contributed by atoms with Crippen LogP contribution < -0.4 is 5.55 Å². The molecule has 0 aliphatic heterocycles. The summed E-state index contributed by atoms with van der Waals surface area (Å²) in [7, 11) is -3.78. The third-order valence-electron chi connectivity index (χ3n) is 4.54. The molecule has 5 heteroatoms. The summed E-state index contributed by atoms with van der Waals surface area (Å²) in [5, 5.41) is 0.706. The maximum atomic E-state index is 13.3. The van der Waals surface area contributed by atoms with Gasteiger partial charge in [-0.3, -0.25) is 0 Å². The van der Waals surface area contributed by atoms with Crippen molar-refractivity contribution in [2.75, 3.05) is 0 Å².